The third kappa shape index (κ3) is 2.57. The van der Waals surface area contributed by atoms with Gasteiger partial charge in [0.15, 0.2) is 0 Å². The normalized spacial score (nSPS) is 11.0. The molecule has 0 unspecified atom stereocenters. The maximum absolute atomic E-state index is 11.6. The largest absolute Gasteiger partial charge is 0.507 e. The van der Waals surface area contributed by atoms with Crippen molar-refractivity contribution < 1.29 is 9.90 Å². The van der Waals surface area contributed by atoms with E-state index in [9.17, 15) is 9.90 Å². The predicted octanol–water partition coefficient (Wildman–Crippen LogP) is 1.43. The topological polar surface area (TPSA) is 103 Å². The van der Waals surface area contributed by atoms with Crippen LogP contribution in [0.2, 0.25) is 0 Å². The standard InChI is InChI=1S/C14H11N5O2/c20-12-6-5-9-3-1-2-4-10(9)11(12)7-16-19-14(21)13-15-8-17-18-13/h1-8,20H,(H,19,21)(H,15,17,18). The minimum atomic E-state index is -0.511. The summed E-state index contributed by atoms with van der Waals surface area (Å²) in [5.41, 5.74) is 2.84. The summed E-state index contributed by atoms with van der Waals surface area (Å²) in [6.45, 7) is 0. The molecule has 0 aliphatic carbocycles. The first kappa shape index (κ1) is 12.8. The average molecular weight is 281 g/mol. The molecule has 0 bridgehead atoms. The van der Waals surface area contributed by atoms with E-state index in [1.165, 1.54) is 12.5 Å². The van der Waals surface area contributed by atoms with Gasteiger partial charge in [-0.3, -0.25) is 9.89 Å². The maximum Gasteiger partial charge on any atom is 0.308 e. The number of aromatic amines is 1. The Kier molecular flexibility index (Phi) is 3.30. The lowest BCUT2D eigenvalue weighted by Crippen LogP contribution is -2.19. The van der Waals surface area contributed by atoms with E-state index in [2.05, 4.69) is 25.7 Å². The van der Waals surface area contributed by atoms with E-state index in [0.29, 0.717) is 5.56 Å². The van der Waals surface area contributed by atoms with Crippen molar-refractivity contribution in [3.8, 4) is 5.75 Å². The van der Waals surface area contributed by atoms with Gasteiger partial charge in [-0.25, -0.2) is 10.4 Å². The van der Waals surface area contributed by atoms with Crippen molar-refractivity contribution in [3.05, 3.63) is 54.1 Å². The third-order valence-corrected chi connectivity index (χ3v) is 2.94. The van der Waals surface area contributed by atoms with Gasteiger partial charge >= 0.3 is 5.91 Å². The second-order valence-electron chi connectivity index (χ2n) is 4.25. The van der Waals surface area contributed by atoms with Crippen molar-refractivity contribution in [1.82, 2.24) is 20.6 Å². The lowest BCUT2D eigenvalue weighted by atomic mass is 10.0. The molecule has 3 aromatic rings. The minimum Gasteiger partial charge on any atom is -0.507 e. The molecule has 7 heteroatoms. The molecule has 1 heterocycles. The molecule has 0 aliphatic heterocycles. The van der Waals surface area contributed by atoms with Gasteiger partial charge in [-0.2, -0.15) is 10.2 Å². The zero-order valence-corrected chi connectivity index (χ0v) is 10.8. The zero-order chi connectivity index (χ0) is 14.7. The summed E-state index contributed by atoms with van der Waals surface area (Å²) in [5, 5.41) is 21.6. The lowest BCUT2D eigenvalue weighted by Gasteiger charge is -2.04. The second-order valence-corrected chi connectivity index (χ2v) is 4.25. The number of rotatable bonds is 3. The molecule has 3 N–H and O–H groups in total. The number of aromatic nitrogens is 3. The van der Waals surface area contributed by atoms with Gasteiger partial charge in [-0.15, -0.1) is 0 Å². The molecule has 0 atom stereocenters. The van der Waals surface area contributed by atoms with Crippen LogP contribution in [0.1, 0.15) is 16.2 Å². The molecule has 104 valence electrons. The molecule has 2 aromatic carbocycles. The molecule has 1 amide bonds. The minimum absolute atomic E-state index is 0.0642. The van der Waals surface area contributed by atoms with Gasteiger partial charge in [0.2, 0.25) is 5.82 Å². The number of benzene rings is 2. The van der Waals surface area contributed by atoms with Crippen LogP contribution in [-0.2, 0) is 0 Å². The van der Waals surface area contributed by atoms with Crippen LogP contribution < -0.4 is 5.43 Å². The number of carbonyl (C=O) groups is 1. The van der Waals surface area contributed by atoms with Crippen LogP contribution in [0.25, 0.3) is 10.8 Å². The maximum atomic E-state index is 11.6. The number of carbonyl (C=O) groups excluding carboxylic acids is 1. The number of hydrogen-bond acceptors (Lipinski definition) is 5. The first-order valence-electron chi connectivity index (χ1n) is 6.15. The van der Waals surface area contributed by atoms with Crippen LogP contribution in [0.3, 0.4) is 0 Å². The fourth-order valence-electron chi connectivity index (χ4n) is 1.94. The van der Waals surface area contributed by atoms with Crippen LogP contribution >= 0.6 is 0 Å². The van der Waals surface area contributed by atoms with Crippen molar-refractivity contribution in [2.24, 2.45) is 5.10 Å². The number of fused-ring (bicyclic) bond motifs is 1. The Bertz CT molecular complexity index is 811. The second kappa shape index (κ2) is 5.41. The number of aromatic hydroxyl groups is 1. The quantitative estimate of drug-likeness (QED) is 0.499. The number of hydrazone groups is 1. The summed E-state index contributed by atoms with van der Waals surface area (Å²) >= 11 is 0. The smallest absolute Gasteiger partial charge is 0.308 e. The SMILES string of the molecule is O=C(NN=Cc1c(O)ccc2ccccc12)c1ncn[nH]1. The van der Waals surface area contributed by atoms with Crippen molar-refractivity contribution >= 4 is 22.9 Å². The van der Waals surface area contributed by atoms with Crippen LogP contribution in [0.4, 0.5) is 0 Å². The Morgan fingerprint density at radius 1 is 1.29 bits per heavy atom. The van der Waals surface area contributed by atoms with E-state index in [-0.39, 0.29) is 11.6 Å². The van der Waals surface area contributed by atoms with Gasteiger partial charge in [-0.05, 0) is 16.8 Å². The van der Waals surface area contributed by atoms with Gasteiger partial charge in [0, 0.05) is 5.56 Å². The Hall–Kier alpha value is -3.22. The van der Waals surface area contributed by atoms with Crippen molar-refractivity contribution in [2.45, 2.75) is 0 Å². The molecule has 0 spiro atoms. The number of phenols is 1. The molecule has 0 saturated carbocycles. The third-order valence-electron chi connectivity index (χ3n) is 2.94. The highest BCUT2D eigenvalue weighted by Crippen LogP contribution is 2.25. The van der Waals surface area contributed by atoms with Crippen LogP contribution in [0, 0.1) is 0 Å². The number of nitrogens with one attached hydrogen (secondary N) is 2. The molecular weight excluding hydrogens is 270 g/mol. The Balaban J connectivity index is 1.86. The van der Waals surface area contributed by atoms with Crippen LogP contribution in [-0.4, -0.2) is 32.4 Å². The summed E-state index contributed by atoms with van der Waals surface area (Å²) in [7, 11) is 0. The number of hydrogen-bond donors (Lipinski definition) is 3. The molecule has 0 saturated heterocycles. The fourth-order valence-corrected chi connectivity index (χ4v) is 1.94. The highest BCUT2D eigenvalue weighted by molar-refractivity contribution is 6.02. The van der Waals surface area contributed by atoms with Gasteiger partial charge in [0.25, 0.3) is 0 Å². The lowest BCUT2D eigenvalue weighted by molar-refractivity contribution is 0.0945. The van der Waals surface area contributed by atoms with E-state index < -0.39 is 5.91 Å². The Labute approximate surface area is 119 Å². The summed E-state index contributed by atoms with van der Waals surface area (Å²) in [4.78, 5) is 15.3. The molecular formula is C14H11N5O2. The Morgan fingerprint density at radius 3 is 2.95 bits per heavy atom. The fraction of sp³-hybridized carbons (Fsp3) is 0. The zero-order valence-electron chi connectivity index (χ0n) is 10.8. The summed E-state index contributed by atoms with van der Waals surface area (Å²) in [6, 6.07) is 11.0. The van der Waals surface area contributed by atoms with Crippen molar-refractivity contribution in [3.63, 3.8) is 0 Å². The summed E-state index contributed by atoms with van der Waals surface area (Å²) < 4.78 is 0. The molecule has 21 heavy (non-hydrogen) atoms. The number of nitrogens with zero attached hydrogens (tertiary/aromatic N) is 3. The monoisotopic (exact) mass is 281 g/mol. The predicted molar refractivity (Wildman–Crippen MR) is 77.1 cm³/mol. The van der Waals surface area contributed by atoms with E-state index in [1.54, 1.807) is 6.07 Å². The van der Waals surface area contributed by atoms with E-state index in [1.807, 2.05) is 30.3 Å². The summed E-state index contributed by atoms with van der Waals surface area (Å²) in [6.07, 6.45) is 2.63. The van der Waals surface area contributed by atoms with Gasteiger partial charge in [-0.1, -0.05) is 30.3 Å². The average Bonchev–Trinajstić information content (AvgIpc) is 3.04. The van der Waals surface area contributed by atoms with Crippen molar-refractivity contribution in [1.29, 1.82) is 0 Å². The molecule has 1 aromatic heterocycles. The van der Waals surface area contributed by atoms with Gasteiger partial charge < -0.3 is 5.11 Å². The van der Waals surface area contributed by atoms with Crippen LogP contribution in [0.5, 0.6) is 5.75 Å². The van der Waals surface area contributed by atoms with Crippen molar-refractivity contribution in [2.75, 3.05) is 0 Å². The van der Waals surface area contributed by atoms with Gasteiger partial charge in [0.1, 0.15) is 12.1 Å². The molecule has 3 rings (SSSR count). The molecule has 0 radical (unpaired) electrons. The molecule has 0 aliphatic rings. The number of amides is 1. The number of phenolic OH excluding ortho intramolecular Hbond substituents is 1. The van der Waals surface area contributed by atoms with Crippen LogP contribution in [0.15, 0.2) is 47.8 Å². The van der Waals surface area contributed by atoms with E-state index in [4.69, 9.17) is 0 Å². The first-order chi connectivity index (χ1) is 10.3. The number of H-pyrrole nitrogens is 1. The summed E-state index contributed by atoms with van der Waals surface area (Å²) in [5.74, 6) is -0.357. The highest BCUT2D eigenvalue weighted by Gasteiger charge is 2.07. The van der Waals surface area contributed by atoms with Gasteiger partial charge in [0.05, 0.1) is 6.21 Å². The molecule has 0 fully saturated rings. The van der Waals surface area contributed by atoms with E-state index in [0.717, 1.165) is 10.8 Å². The first-order valence-corrected chi connectivity index (χ1v) is 6.15. The molecule has 7 nitrogen and oxygen atoms in total. The Morgan fingerprint density at radius 2 is 2.14 bits per heavy atom. The van der Waals surface area contributed by atoms with E-state index >= 15 is 0 Å². The highest BCUT2D eigenvalue weighted by atomic mass is 16.3.